The van der Waals surface area contributed by atoms with Crippen LogP contribution in [0.4, 0.5) is 0 Å². The Kier molecular flexibility index (Phi) is 5.98. The van der Waals surface area contributed by atoms with Crippen molar-refractivity contribution >= 4 is 5.96 Å². The number of likely N-dealkylation sites (tertiary alicyclic amines) is 2. The predicted molar refractivity (Wildman–Crippen MR) is 112 cm³/mol. The second kappa shape index (κ2) is 8.61. The lowest BCUT2D eigenvalue weighted by Crippen LogP contribution is -2.46. The van der Waals surface area contributed by atoms with Gasteiger partial charge in [-0.25, -0.2) is 0 Å². The summed E-state index contributed by atoms with van der Waals surface area (Å²) in [6.07, 6.45) is 5.34. The summed E-state index contributed by atoms with van der Waals surface area (Å²) < 4.78 is 0. The summed E-state index contributed by atoms with van der Waals surface area (Å²) >= 11 is 0. The van der Waals surface area contributed by atoms with E-state index in [0.29, 0.717) is 12.1 Å². The Labute approximate surface area is 164 Å². The standard InChI is InChI=1S/C22H35N5/c1-17-12-20(16-27(17)14-18-6-4-3-5-7-18)25-22(23-2)24-13-19-10-11-26(15-19)21-8-9-21/h3-7,17,19-21H,8-16H2,1-2H3,(H2,23,24,25). The number of aliphatic imine (C=N–C) groups is 1. The first-order chi connectivity index (χ1) is 13.2. The van der Waals surface area contributed by atoms with Crippen molar-refractivity contribution in [3.8, 4) is 0 Å². The van der Waals surface area contributed by atoms with Gasteiger partial charge in [0.1, 0.15) is 0 Å². The molecule has 3 unspecified atom stereocenters. The Balaban J connectivity index is 1.21. The fourth-order valence-electron chi connectivity index (χ4n) is 4.67. The van der Waals surface area contributed by atoms with Gasteiger partial charge in [0.15, 0.2) is 5.96 Å². The molecule has 0 amide bonds. The highest BCUT2D eigenvalue weighted by Gasteiger charge is 2.34. The average Bonchev–Trinajstić information content (AvgIpc) is 3.33. The minimum absolute atomic E-state index is 0.474. The Morgan fingerprint density at radius 3 is 2.70 bits per heavy atom. The summed E-state index contributed by atoms with van der Waals surface area (Å²) in [5.41, 5.74) is 1.40. The SMILES string of the molecule is CN=C(NCC1CCN(C2CC2)C1)NC1CC(C)N(Cc2ccccc2)C1. The van der Waals surface area contributed by atoms with Gasteiger partial charge < -0.3 is 15.5 Å². The minimum Gasteiger partial charge on any atom is -0.356 e. The molecule has 1 aromatic carbocycles. The van der Waals surface area contributed by atoms with Gasteiger partial charge in [0, 0.05) is 51.4 Å². The Morgan fingerprint density at radius 1 is 1.15 bits per heavy atom. The highest BCUT2D eigenvalue weighted by atomic mass is 15.3. The minimum atomic E-state index is 0.474. The van der Waals surface area contributed by atoms with Crippen LogP contribution in [0.3, 0.4) is 0 Å². The van der Waals surface area contributed by atoms with Gasteiger partial charge in [-0.1, -0.05) is 30.3 Å². The molecule has 0 spiro atoms. The summed E-state index contributed by atoms with van der Waals surface area (Å²) in [7, 11) is 1.89. The van der Waals surface area contributed by atoms with Crippen molar-refractivity contribution in [2.75, 3.05) is 33.2 Å². The van der Waals surface area contributed by atoms with Crippen LogP contribution < -0.4 is 10.6 Å². The monoisotopic (exact) mass is 369 g/mol. The van der Waals surface area contributed by atoms with Gasteiger partial charge in [-0.15, -0.1) is 0 Å². The molecule has 2 N–H and O–H groups in total. The van der Waals surface area contributed by atoms with Crippen LogP contribution in [0.1, 0.15) is 38.2 Å². The molecule has 0 radical (unpaired) electrons. The molecule has 3 fully saturated rings. The van der Waals surface area contributed by atoms with Gasteiger partial charge in [0.05, 0.1) is 0 Å². The van der Waals surface area contributed by atoms with Crippen LogP contribution in [0.2, 0.25) is 0 Å². The highest BCUT2D eigenvalue weighted by Crippen LogP contribution is 2.31. The van der Waals surface area contributed by atoms with Gasteiger partial charge in [-0.2, -0.15) is 0 Å². The van der Waals surface area contributed by atoms with Crippen molar-refractivity contribution in [1.29, 1.82) is 0 Å². The third-order valence-corrected chi connectivity index (χ3v) is 6.44. The number of hydrogen-bond donors (Lipinski definition) is 2. The lowest BCUT2D eigenvalue weighted by Gasteiger charge is -2.21. The zero-order valence-corrected chi connectivity index (χ0v) is 16.9. The first-order valence-electron chi connectivity index (χ1n) is 10.7. The van der Waals surface area contributed by atoms with E-state index in [1.807, 2.05) is 7.05 Å². The fourth-order valence-corrected chi connectivity index (χ4v) is 4.67. The summed E-state index contributed by atoms with van der Waals surface area (Å²) in [4.78, 5) is 9.73. The third kappa shape index (κ3) is 5.02. The largest absolute Gasteiger partial charge is 0.356 e. The fraction of sp³-hybridized carbons (Fsp3) is 0.682. The molecule has 5 nitrogen and oxygen atoms in total. The van der Waals surface area contributed by atoms with Crippen LogP contribution >= 0.6 is 0 Å². The summed E-state index contributed by atoms with van der Waals surface area (Å²) in [6.45, 7) is 8.04. The molecule has 1 aromatic rings. The van der Waals surface area contributed by atoms with Crippen LogP contribution in [-0.4, -0.2) is 67.1 Å². The summed E-state index contributed by atoms with van der Waals surface area (Å²) in [5.74, 6) is 1.74. The van der Waals surface area contributed by atoms with E-state index in [4.69, 9.17) is 0 Å². The molecule has 1 aliphatic carbocycles. The zero-order valence-electron chi connectivity index (χ0n) is 16.9. The topological polar surface area (TPSA) is 42.9 Å². The maximum atomic E-state index is 4.48. The van der Waals surface area contributed by atoms with Gasteiger partial charge in [-0.3, -0.25) is 9.89 Å². The molecule has 2 heterocycles. The van der Waals surface area contributed by atoms with E-state index >= 15 is 0 Å². The number of benzene rings is 1. The highest BCUT2D eigenvalue weighted by molar-refractivity contribution is 5.80. The van der Waals surface area contributed by atoms with E-state index in [2.05, 4.69) is 62.7 Å². The zero-order chi connectivity index (χ0) is 18.6. The molecule has 3 aliphatic rings. The maximum Gasteiger partial charge on any atom is 0.191 e. The molecule has 3 atom stereocenters. The molecular weight excluding hydrogens is 334 g/mol. The van der Waals surface area contributed by atoms with E-state index in [9.17, 15) is 0 Å². The van der Waals surface area contributed by atoms with Crippen LogP contribution in [0, 0.1) is 5.92 Å². The lowest BCUT2D eigenvalue weighted by molar-refractivity contribution is 0.258. The molecule has 2 saturated heterocycles. The van der Waals surface area contributed by atoms with Crippen molar-refractivity contribution in [2.45, 2.75) is 57.3 Å². The van der Waals surface area contributed by atoms with Crippen molar-refractivity contribution in [3.63, 3.8) is 0 Å². The molecule has 27 heavy (non-hydrogen) atoms. The van der Waals surface area contributed by atoms with E-state index in [1.165, 1.54) is 44.3 Å². The van der Waals surface area contributed by atoms with Crippen molar-refractivity contribution in [2.24, 2.45) is 10.9 Å². The molecule has 2 aliphatic heterocycles. The third-order valence-electron chi connectivity index (χ3n) is 6.44. The first kappa shape index (κ1) is 18.8. The number of nitrogens with zero attached hydrogens (tertiary/aromatic N) is 3. The van der Waals surface area contributed by atoms with E-state index < -0.39 is 0 Å². The summed E-state index contributed by atoms with van der Waals surface area (Å²) in [6, 6.07) is 12.8. The first-order valence-corrected chi connectivity index (χ1v) is 10.7. The van der Waals surface area contributed by atoms with Crippen LogP contribution in [0.5, 0.6) is 0 Å². The van der Waals surface area contributed by atoms with Crippen molar-refractivity contribution in [3.05, 3.63) is 35.9 Å². The quantitative estimate of drug-likeness (QED) is 0.596. The molecule has 148 valence electrons. The normalized spacial score (nSPS) is 30.0. The Hall–Kier alpha value is -1.59. The van der Waals surface area contributed by atoms with E-state index in [-0.39, 0.29) is 0 Å². The van der Waals surface area contributed by atoms with Gasteiger partial charge >= 0.3 is 0 Å². The lowest BCUT2D eigenvalue weighted by atomic mass is 10.1. The van der Waals surface area contributed by atoms with Gasteiger partial charge in [0.2, 0.25) is 0 Å². The molecule has 1 saturated carbocycles. The molecule has 0 aromatic heterocycles. The van der Waals surface area contributed by atoms with Crippen molar-refractivity contribution < 1.29 is 0 Å². The maximum absolute atomic E-state index is 4.48. The van der Waals surface area contributed by atoms with Crippen molar-refractivity contribution in [1.82, 2.24) is 20.4 Å². The number of guanidine groups is 1. The predicted octanol–water partition coefficient (Wildman–Crippen LogP) is 2.30. The molecule has 5 heteroatoms. The Bertz CT molecular complexity index is 627. The molecule has 4 rings (SSSR count). The van der Waals surface area contributed by atoms with Crippen LogP contribution in [0.25, 0.3) is 0 Å². The smallest absolute Gasteiger partial charge is 0.191 e. The van der Waals surface area contributed by atoms with Gasteiger partial charge in [-0.05, 0) is 50.6 Å². The van der Waals surface area contributed by atoms with E-state index in [0.717, 1.165) is 37.6 Å². The number of nitrogens with one attached hydrogen (secondary N) is 2. The number of hydrogen-bond acceptors (Lipinski definition) is 3. The average molecular weight is 370 g/mol. The van der Waals surface area contributed by atoms with Crippen LogP contribution in [-0.2, 0) is 6.54 Å². The molecular formula is C22H35N5. The Morgan fingerprint density at radius 2 is 1.96 bits per heavy atom. The van der Waals surface area contributed by atoms with E-state index in [1.54, 1.807) is 0 Å². The molecule has 0 bridgehead atoms. The second-order valence-electron chi connectivity index (χ2n) is 8.67. The van der Waals surface area contributed by atoms with Crippen LogP contribution in [0.15, 0.2) is 35.3 Å². The summed E-state index contributed by atoms with van der Waals surface area (Å²) in [5, 5.41) is 7.26. The second-order valence-corrected chi connectivity index (χ2v) is 8.67. The van der Waals surface area contributed by atoms with Gasteiger partial charge in [0.25, 0.3) is 0 Å². The number of rotatable bonds is 6.